The molecule has 1 atom stereocenters. The first-order chi connectivity index (χ1) is 11.5. The number of fused-ring (bicyclic) bond motifs is 1. The number of aromatic nitrogens is 2. The number of piperazine rings is 1. The van der Waals surface area contributed by atoms with E-state index in [2.05, 4.69) is 14.9 Å². The van der Waals surface area contributed by atoms with Crippen LogP contribution in [0.1, 0.15) is 6.42 Å². The van der Waals surface area contributed by atoms with Crippen molar-refractivity contribution in [1.82, 2.24) is 14.9 Å². The number of nitrogens with zero attached hydrogens (tertiary/aromatic N) is 4. The molecule has 2 fully saturated rings. The number of amides is 1. The van der Waals surface area contributed by atoms with E-state index in [0.717, 1.165) is 16.0 Å². The van der Waals surface area contributed by atoms with Crippen LogP contribution in [0, 0.1) is 5.92 Å². The van der Waals surface area contributed by atoms with E-state index in [-0.39, 0.29) is 23.3 Å². The molecular weight excluding hydrogens is 348 g/mol. The normalized spacial score (nSPS) is 23.8. The predicted octanol–water partition coefficient (Wildman–Crippen LogP) is 0.775. The van der Waals surface area contributed by atoms with Crippen LogP contribution >= 0.6 is 11.3 Å². The Balaban J connectivity index is 1.44. The predicted molar refractivity (Wildman–Crippen MR) is 93.0 cm³/mol. The van der Waals surface area contributed by atoms with Crippen molar-refractivity contribution in [2.75, 3.05) is 42.6 Å². The van der Waals surface area contributed by atoms with Crippen molar-refractivity contribution in [2.24, 2.45) is 5.92 Å². The smallest absolute Gasteiger partial charge is 0.226 e. The van der Waals surface area contributed by atoms with Gasteiger partial charge in [-0.2, -0.15) is 0 Å². The fraction of sp³-hybridized carbons (Fsp3) is 0.533. The Labute approximate surface area is 144 Å². The molecule has 24 heavy (non-hydrogen) atoms. The maximum absolute atomic E-state index is 12.5. The Morgan fingerprint density at radius 2 is 2.00 bits per heavy atom. The number of anilines is 1. The Morgan fingerprint density at radius 3 is 2.71 bits per heavy atom. The average molecular weight is 366 g/mol. The number of rotatable bonds is 2. The van der Waals surface area contributed by atoms with Gasteiger partial charge in [0, 0.05) is 26.2 Å². The summed E-state index contributed by atoms with van der Waals surface area (Å²) in [6, 6.07) is 2.02. The van der Waals surface area contributed by atoms with Crippen LogP contribution in [0.3, 0.4) is 0 Å². The molecular formula is C15H18N4O3S2. The van der Waals surface area contributed by atoms with E-state index in [1.54, 1.807) is 22.6 Å². The van der Waals surface area contributed by atoms with Gasteiger partial charge < -0.3 is 9.80 Å². The minimum atomic E-state index is -3.02. The van der Waals surface area contributed by atoms with Crippen LogP contribution in [-0.4, -0.2) is 66.9 Å². The lowest BCUT2D eigenvalue weighted by atomic mass is 10.1. The van der Waals surface area contributed by atoms with E-state index in [1.165, 1.54) is 0 Å². The summed E-state index contributed by atoms with van der Waals surface area (Å²) in [5.74, 6) is 0.688. The molecule has 1 amide bonds. The molecule has 2 aliphatic rings. The summed E-state index contributed by atoms with van der Waals surface area (Å²) in [7, 11) is -3.02. The zero-order chi connectivity index (χ0) is 16.7. The van der Waals surface area contributed by atoms with E-state index < -0.39 is 9.84 Å². The summed E-state index contributed by atoms with van der Waals surface area (Å²) in [5, 5.41) is 3.05. The van der Waals surface area contributed by atoms with Crippen molar-refractivity contribution in [1.29, 1.82) is 0 Å². The molecule has 7 nitrogen and oxygen atoms in total. The van der Waals surface area contributed by atoms with Crippen LogP contribution in [0.5, 0.6) is 0 Å². The number of sulfone groups is 1. The van der Waals surface area contributed by atoms with Gasteiger partial charge in [-0.3, -0.25) is 4.79 Å². The van der Waals surface area contributed by atoms with Gasteiger partial charge in [0.15, 0.2) is 9.84 Å². The third kappa shape index (κ3) is 2.86. The van der Waals surface area contributed by atoms with Crippen LogP contribution < -0.4 is 4.90 Å². The van der Waals surface area contributed by atoms with Crippen molar-refractivity contribution in [3.8, 4) is 0 Å². The molecule has 2 aromatic rings. The highest BCUT2D eigenvalue weighted by atomic mass is 32.2. The molecule has 0 N–H and O–H groups in total. The van der Waals surface area contributed by atoms with Gasteiger partial charge >= 0.3 is 0 Å². The summed E-state index contributed by atoms with van der Waals surface area (Å²) in [6.07, 6.45) is 2.04. The molecule has 2 aromatic heterocycles. The molecule has 2 aliphatic heterocycles. The molecule has 4 heterocycles. The van der Waals surface area contributed by atoms with Crippen LogP contribution in [0.25, 0.3) is 10.2 Å². The SMILES string of the molecule is O=C([C@@H]1CCS(=O)(=O)C1)N1CCN(c2ncnc3sccc23)CC1. The van der Waals surface area contributed by atoms with Crippen LogP contribution in [0.15, 0.2) is 17.8 Å². The Kier molecular flexibility index (Phi) is 3.92. The van der Waals surface area contributed by atoms with Gasteiger partial charge in [0.2, 0.25) is 5.91 Å². The van der Waals surface area contributed by atoms with Crippen molar-refractivity contribution in [3.05, 3.63) is 17.8 Å². The number of hydrogen-bond donors (Lipinski definition) is 0. The molecule has 0 bridgehead atoms. The Hall–Kier alpha value is -1.74. The second-order valence-electron chi connectivity index (χ2n) is 6.25. The lowest BCUT2D eigenvalue weighted by Gasteiger charge is -2.36. The molecule has 128 valence electrons. The molecule has 4 rings (SSSR count). The first-order valence-electron chi connectivity index (χ1n) is 7.96. The monoisotopic (exact) mass is 366 g/mol. The molecule has 2 saturated heterocycles. The molecule has 0 aliphatic carbocycles. The minimum Gasteiger partial charge on any atom is -0.352 e. The maximum atomic E-state index is 12.5. The summed E-state index contributed by atoms with van der Waals surface area (Å²) < 4.78 is 23.1. The van der Waals surface area contributed by atoms with Gasteiger partial charge in [-0.25, -0.2) is 18.4 Å². The second-order valence-corrected chi connectivity index (χ2v) is 9.37. The van der Waals surface area contributed by atoms with Crippen molar-refractivity contribution >= 4 is 43.1 Å². The maximum Gasteiger partial charge on any atom is 0.226 e. The summed E-state index contributed by atoms with van der Waals surface area (Å²) in [5.41, 5.74) is 0. The molecule has 0 spiro atoms. The number of carbonyl (C=O) groups is 1. The van der Waals surface area contributed by atoms with Crippen LogP contribution in [0.4, 0.5) is 5.82 Å². The molecule has 0 saturated carbocycles. The third-order valence-electron chi connectivity index (χ3n) is 4.71. The molecule has 0 unspecified atom stereocenters. The van der Waals surface area contributed by atoms with Crippen molar-refractivity contribution in [3.63, 3.8) is 0 Å². The minimum absolute atomic E-state index is 0.00742. The highest BCUT2D eigenvalue weighted by Gasteiger charge is 2.36. The van der Waals surface area contributed by atoms with E-state index in [0.29, 0.717) is 32.6 Å². The van der Waals surface area contributed by atoms with Gasteiger partial charge in [-0.1, -0.05) is 0 Å². The van der Waals surface area contributed by atoms with Crippen LogP contribution in [-0.2, 0) is 14.6 Å². The topological polar surface area (TPSA) is 83.5 Å². The first kappa shape index (κ1) is 15.8. The Morgan fingerprint density at radius 1 is 1.21 bits per heavy atom. The van der Waals surface area contributed by atoms with E-state index in [9.17, 15) is 13.2 Å². The Bertz CT molecular complexity index is 872. The quantitative estimate of drug-likeness (QED) is 0.781. The number of carbonyl (C=O) groups excluding carboxylic acids is 1. The van der Waals surface area contributed by atoms with Crippen molar-refractivity contribution < 1.29 is 13.2 Å². The van der Waals surface area contributed by atoms with Crippen molar-refractivity contribution in [2.45, 2.75) is 6.42 Å². The van der Waals surface area contributed by atoms with Gasteiger partial charge in [0.05, 0.1) is 22.8 Å². The summed E-state index contributed by atoms with van der Waals surface area (Å²) in [6.45, 7) is 2.61. The van der Waals surface area contributed by atoms with E-state index in [4.69, 9.17) is 0 Å². The number of hydrogen-bond acceptors (Lipinski definition) is 7. The van der Waals surface area contributed by atoms with Gasteiger partial charge in [0.25, 0.3) is 0 Å². The van der Waals surface area contributed by atoms with Gasteiger partial charge in [0.1, 0.15) is 17.0 Å². The molecule has 0 aromatic carbocycles. The summed E-state index contributed by atoms with van der Waals surface area (Å²) in [4.78, 5) is 26.1. The lowest BCUT2D eigenvalue weighted by molar-refractivity contribution is -0.135. The zero-order valence-corrected chi connectivity index (χ0v) is 14.7. The van der Waals surface area contributed by atoms with Gasteiger partial charge in [-0.05, 0) is 17.9 Å². The fourth-order valence-electron chi connectivity index (χ4n) is 3.42. The first-order valence-corrected chi connectivity index (χ1v) is 10.7. The second kappa shape index (κ2) is 5.96. The largest absolute Gasteiger partial charge is 0.352 e. The van der Waals surface area contributed by atoms with Crippen LogP contribution in [0.2, 0.25) is 0 Å². The van der Waals surface area contributed by atoms with Gasteiger partial charge in [-0.15, -0.1) is 11.3 Å². The average Bonchev–Trinajstić information content (AvgIpc) is 3.20. The summed E-state index contributed by atoms with van der Waals surface area (Å²) >= 11 is 1.59. The molecule has 9 heteroatoms. The zero-order valence-electron chi connectivity index (χ0n) is 13.1. The fourth-order valence-corrected chi connectivity index (χ4v) is 5.88. The highest BCUT2D eigenvalue weighted by molar-refractivity contribution is 7.91. The van der Waals surface area contributed by atoms with E-state index in [1.807, 2.05) is 11.4 Å². The van der Waals surface area contributed by atoms with E-state index >= 15 is 0 Å². The number of thiophene rings is 1. The lowest BCUT2D eigenvalue weighted by Crippen LogP contribution is -2.50. The third-order valence-corrected chi connectivity index (χ3v) is 7.30. The molecule has 0 radical (unpaired) electrons. The standard InChI is InChI=1S/C15H18N4O3S2/c20-15(11-2-8-24(21,22)9-11)19-5-3-18(4-6-19)13-12-1-7-23-14(12)17-10-16-13/h1,7,10-11H,2-6,8-9H2/t11-/m1/s1. The highest BCUT2D eigenvalue weighted by Crippen LogP contribution is 2.28.